The Morgan fingerprint density at radius 2 is 1.52 bits per heavy atom. The lowest BCUT2D eigenvalue weighted by Gasteiger charge is -2.50. The van der Waals surface area contributed by atoms with Crippen LogP contribution in [0.3, 0.4) is 0 Å². The number of hydrogen-bond donors (Lipinski definition) is 5. The summed E-state index contributed by atoms with van der Waals surface area (Å²) in [5.74, 6) is -3.59. The van der Waals surface area contributed by atoms with E-state index in [1.165, 1.54) is 27.2 Å². The molecule has 0 radical (unpaired) electrons. The molecule has 0 aromatic carbocycles. The van der Waals surface area contributed by atoms with E-state index in [1.807, 2.05) is 19.9 Å². The first-order valence-corrected chi connectivity index (χ1v) is 22.7. The SMILES string of the molecule is CC[C@H]1OC(=O)C[C@@H](O)[C@H](C)[C@@H](OC2OC(C)C(OC3CC(C)(O)C(O)C(C)O3)C(N(C)C)C2O)[C@@H](CC=O)C[C@@H](C)C(=O)/C=C/C(C)=C/[C@@H]1COC1OC(C)C(O)C(OC)C1OC. The van der Waals surface area contributed by atoms with Crippen molar-refractivity contribution in [2.75, 3.05) is 34.9 Å². The molecule has 4 rings (SSSR count). The van der Waals surface area contributed by atoms with Gasteiger partial charge in [-0.2, -0.15) is 0 Å². The van der Waals surface area contributed by atoms with Gasteiger partial charge < -0.3 is 77.9 Å². The fraction of sp³-hybridized carbons (Fsp3) is 0.848. The lowest BCUT2D eigenvalue weighted by molar-refractivity contribution is -0.341. The Balaban J connectivity index is 1.62. The Bertz CT molecular complexity index is 1560. The second-order valence-electron chi connectivity index (χ2n) is 18.7. The first kappa shape index (κ1) is 54.3. The molecule has 0 amide bonds. The number of ether oxygens (including phenoxy) is 9. The number of allylic oxidation sites excluding steroid dienone is 3. The zero-order valence-corrected chi connectivity index (χ0v) is 39.7. The van der Waals surface area contributed by atoms with Crippen LogP contribution in [0.2, 0.25) is 0 Å². The van der Waals surface area contributed by atoms with Crippen molar-refractivity contribution < 1.29 is 82.5 Å². The van der Waals surface area contributed by atoms with Gasteiger partial charge in [0.25, 0.3) is 0 Å². The predicted molar refractivity (Wildman–Crippen MR) is 230 cm³/mol. The van der Waals surface area contributed by atoms with Crippen molar-refractivity contribution in [3.05, 3.63) is 23.8 Å². The molecular formula is C46H77NO17. The highest BCUT2D eigenvalue weighted by atomic mass is 16.7. The molecule has 0 spiro atoms. The number of aldehydes is 1. The monoisotopic (exact) mass is 916 g/mol. The van der Waals surface area contributed by atoms with Crippen LogP contribution in [0.25, 0.3) is 0 Å². The highest BCUT2D eigenvalue weighted by Gasteiger charge is 2.52. The van der Waals surface area contributed by atoms with E-state index in [-0.39, 0.29) is 31.7 Å². The average molecular weight is 916 g/mol. The molecule has 3 fully saturated rings. The third-order valence-electron chi connectivity index (χ3n) is 13.4. The Labute approximate surface area is 378 Å². The molecule has 18 heteroatoms. The molecule has 0 aliphatic carbocycles. The number of methoxy groups -OCH3 is 2. The van der Waals surface area contributed by atoms with Gasteiger partial charge in [-0.1, -0.05) is 38.5 Å². The molecule has 5 N–H and O–H groups in total. The van der Waals surface area contributed by atoms with Crippen LogP contribution in [-0.2, 0) is 57.0 Å². The molecule has 14 unspecified atom stereocenters. The van der Waals surface area contributed by atoms with Gasteiger partial charge in [0.15, 0.2) is 24.7 Å². The summed E-state index contributed by atoms with van der Waals surface area (Å²) in [4.78, 5) is 41.5. The number of aliphatic hydroxyl groups is 5. The highest BCUT2D eigenvalue weighted by molar-refractivity contribution is 5.91. The number of nitrogens with zero attached hydrogens (tertiary/aromatic N) is 1. The molecule has 4 aliphatic rings. The summed E-state index contributed by atoms with van der Waals surface area (Å²) in [6.07, 6.45) is -8.49. The zero-order chi connectivity index (χ0) is 47.8. The van der Waals surface area contributed by atoms with Crippen LogP contribution in [0.1, 0.15) is 87.5 Å². The normalized spacial score (nSPS) is 45.9. The van der Waals surface area contributed by atoms with Gasteiger partial charge in [-0.3, -0.25) is 9.59 Å². The number of carbonyl (C=O) groups is 3. The van der Waals surface area contributed by atoms with E-state index in [9.17, 15) is 39.9 Å². The quantitative estimate of drug-likeness (QED) is 0.131. The van der Waals surface area contributed by atoms with E-state index in [1.54, 1.807) is 59.7 Å². The summed E-state index contributed by atoms with van der Waals surface area (Å²) in [5, 5.41) is 55.8. The Kier molecular flexibility index (Phi) is 20.5. The van der Waals surface area contributed by atoms with Crippen LogP contribution in [0.5, 0.6) is 0 Å². The van der Waals surface area contributed by atoms with Crippen molar-refractivity contribution in [1.82, 2.24) is 4.90 Å². The highest BCUT2D eigenvalue weighted by Crippen LogP contribution is 2.37. The average Bonchev–Trinajstić information content (AvgIpc) is 3.23. The van der Waals surface area contributed by atoms with Gasteiger partial charge in [0.2, 0.25) is 0 Å². The van der Waals surface area contributed by atoms with Crippen LogP contribution in [0, 0.1) is 23.7 Å². The third kappa shape index (κ3) is 13.5. The van der Waals surface area contributed by atoms with Gasteiger partial charge in [-0.05, 0) is 73.5 Å². The zero-order valence-electron chi connectivity index (χ0n) is 39.7. The molecule has 0 saturated carbocycles. The summed E-state index contributed by atoms with van der Waals surface area (Å²) in [7, 11) is 6.43. The maximum absolute atomic E-state index is 13.8. The van der Waals surface area contributed by atoms with Crippen molar-refractivity contribution in [2.45, 2.75) is 191 Å². The first-order valence-electron chi connectivity index (χ1n) is 22.7. The number of rotatable bonds is 13. The van der Waals surface area contributed by atoms with E-state index in [2.05, 4.69) is 0 Å². The van der Waals surface area contributed by atoms with E-state index >= 15 is 0 Å². The maximum Gasteiger partial charge on any atom is 0.308 e. The fourth-order valence-corrected chi connectivity index (χ4v) is 9.51. The summed E-state index contributed by atoms with van der Waals surface area (Å²) < 4.78 is 54.7. The molecule has 64 heavy (non-hydrogen) atoms. The number of likely N-dealkylation sites (N-methyl/N-ethyl adjacent to an activating group) is 1. The molecule has 3 saturated heterocycles. The summed E-state index contributed by atoms with van der Waals surface area (Å²) in [6.45, 7) is 13.6. The number of hydrogen-bond acceptors (Lipinski definition) is 18. The molecule has 18 nitrogen and oxygen atoms in total. The van der Waals surface area contributed by atoms with Gasteiger partial charge in [0, 0.05) is 44.8 Å². The maximum atomic E-state index is 13.8. The summed E-state index contributed by atoms with van der Waals surface area (Å²) in [6, 6.07) is -0.748. The van der Waals surface area contributed by atoms with Crippen LogP contribution in [-0.4, -0.2) is 187 Å². The van der Waals surface area contributed by atoms with Gasteiger partial charge in [-0.15, -0.1) is 0 Å². The van der Waals surface area contributed by atoms with E-state index in [4.69, 9.17) is 42.6 Å². The smallest absolute Gasteiger partial charge is 0.308 e. The third-order valence-corrected chi connectivity index (χ3v) is 13.4. The minimum Gasteiger partial charge on any atom is -0.462 e. The Morgan fingerprint density at radius 3 is 2.11 bits per heavy atom. The van der Waals surface area contributed by atoms with Gasteiger partial charge >= 0.3 is 5.97 Å². The van der Waals surface area contributed by atoms with Crippen LogP contribution >= 0.6 is 0 Å². The van der Waals surface area contributed by atoms with Crippen LogP contribution in [0.4, 0.5) is 0 Å². The van der Waals surface area contributed by atoms with Crippen molar-refractivity contribution >= 4 is 18.0 Å². The van der Waals surface area contributed by atoms with E-state index < -0.39 is 140 Å². The first-order chi connectivity index (χ1) is 30.1. The lowest BCUT2D eigenvalue weighted by Crippen LogP contribution is -2.65. The Morgan fingerprint density at radius 1 is 0.859 bits per heavy atom. The van der Waals surface area contributed by atoms with E-state index in [0.29, 0.717) is 12.0 Å². The second kappa shape index (κ2) is 24.1. The molecule has 0 aromatic rings. The van der Waals surface area contributed by atoms with Gasteiger partial charge in [0.1, 0.15) is 49.0 Å². The number of cyclic esters (lactones) is 1. The topological polar surface area (TPSA) is 239 Å². The fourth-order valence-electron chi connectivity index (χ4n) is 9.51. The van der Waals surface area contributed by atoms with Crippen molar-refractivity contribution in [3.8, 4) is 0 Å². The number of esters is 1. The predicted octanol–water partition coefficient (Wildman–Crippen LogP) is 1.83. The van der Waals surface area contributed by atoms with Crippen molar-refractivity contribution in [3.63, 3.8) is 0 Å². The van der Waals surface area contributed by atoms with Crippen LogP contribution < -0.4 is 0 Å². The molecule has 0 aromatic heterocycles. The summed E-state index contributed by atoms with van der Waals surface area (Å²) >= 11 is 0. The molecule has 368 valence electrons. The summed E-state index contributed by atoms with van der Waals surface area (Å²) in [5.41, 5.74) is -0.806. The lowest BCUT2D eigenvalue weighted by atomic mass is 9.79. The van der Waals surface area contributed by atoms with Gasteiger partial charge in [0.05, 0.1) is 55.2 Å². The van der Waals surface area contributed by atoms with Crippen LogP contribution in [0.15, 0.2) is 23.8 Å². The standard InChI is InChI=1S/C46H77NO17/c1-13-33-30(22-58-45-42(57-12)41(56-11)37(52)26(5)60-45)18-23(2)14-15-31(49)24(3)19-29(16-17-48)39(25(4)32(50)20-34(51)62-33)64-44-38(53)36(47(9)10)40(27(6)61-44)63-35-21-46(8,55)43(54)28(7)59-35/h14-15,17-18,24-30,32-33,35-45,50,52-55H,13,16,19-22H2,1-12H3/b15-14+,23-18+/t24-,25+,26?,27?,28?,29+,30-,32-,33-,35?,36?,37?,38?,39-,40?,41?,42?,43?,44?,45?,46?/m1/s1. The van der Waals surface area contributed by atoms with Crippen molar-refractivity contribution in [2.24, 2.45) is 23.7 Å². The minimum absolute atomic E-state index is 0.00788. The number of aliphatic hydroxyl groups excluding tert-OH is 4. The molecule has 21 atom stereocenters. The van der Waals surface area contributed by atoms with Crippen molar-refractivity contribution in [1.29, 1.82) is 0 Å². The number of carbonyl (C=O) groups excluding carboxylic acids is 3. The molecule has 0 bridgehead atoms. The molecule has 4 heterocycles. The number of ketones is 1. The van der Waals surface area contributed by atoms with Gasteiger partial charge in [-0.25, -0.2) is 0 Å². The second-order valence-corrected chi connectivity index (χ2v) is 18.7. The largest absolute Gasteiger partial charge is 0.462 e. The Hall–Kier alpha value is -2.27. The van der Waals surface area contributed by atoms with E-state index in [0.717, 1.165) is 6.29 Å². The molecule has 4 aliphatic heterocycles. The molecular weight excluding hydrogens is 838 g/mol. The minimum atomic E-state index is -1.49.